The quantitative estimate of drug-likeness (QED) is 0.481. The lowest BCUT2D eigenvalue weighted by Gasteiger charge is -2.15. The highest BCUT2D eigenvalue weighted by atomic mass is 32.2. The van der Waals surface area contributed by atoms with Gasteiger partial charge in [-0.25, -0.2) is 0 Å². The lowest BCUT2D eigenvalue weighted by Crippen LogP contribution is -2.32. The number of carbonyl (C=O) groups excluding carboxylic acids is 1. The molecule has 0 aromatic heterocycles. The summed E-state index contributed by atoms with van der Waals surface area (Å²) in [5.41, 5.74) is 0.875. The molecule has 0 N–H and O–H groups in total. The highest BCUT2D eigenvalue weighted by molar-refractivity contribution is 7.98. The molecule has 0 aliphatic rings. The zero-order chi connectivity index (χ0) is 14.1. The summed E-state index contributed by atoms with van der Waals surface area (Å²) in [5.74, 6) is 2.77. The second kappa shape index (κ2) is 9.19. The van der Waals surface area contributed by atoms with Gasteiger partial charge in [-0.1, -0.05) is 57.0 Å². The fraction of sp³-hybridized carbons (Fsp3) is 0.588. The predicted molar refractivity (Wildman–Crippen MR) is 87.1 cm³/mol. The second-order valence-corrected chi connectivity index (χ2v) is 7.62. The molecule has 0 radical (unpaired) electrons. The van der Waals surface area contributed by atoms with Crippen LogP contribution >= 0.6 is 0 Å². The maximum atomic E-state index is 12.5. The zero-order valence-electron chi connectivity index (χ0n) is 12.5. The molecule has 1 nitrogen and oxygen atoms in total. The van der Waals surface area contributed by atoms with E-state index in [0.29, 0.717) is 5.78 Å². The molecule has 0 fully saturated rings. The van der Waals surface area contributed by atoms with Gasteiger partial charge < -0.3 is 0 Å². The number of rotatable bonds is 9. The van der Waals surface area contributed by atoms with Crippen molar-refractivity contribution in [3.8, 4) is 0 Å². The molecule has 0 bridgehead atoms. The van der Waals surface area contributed by atoms with E-state index >= 15 is 0 Å². The van der Waals surface area contributed by atoms with Crippen molar-refractivity contribution in [2.75, 3.05) is 11.5 Å². The molecule has 0 amide bonds. The standard InChI is InChI=1S/C17H27OS/c1-4-6-13-19(14-7-5-2)15(3)17(18)16-11-9-8-10-12-16/h8-12,15H,4-7,13-14H2,1-3H3/q+1. The normalized spacial score (nSPS) is 12.6. The smallest absolute Gasteiger partial charge is 0.214 e. The van der Waals surface area contributed by atoms with Gasteiger partial charge in [0.25, 0.3) is 0 Å². The molecule has 106 valence electrons. The van der Waals surface area contributed by atoms with E-state index in [9.17, 15) is 4.79 Å². The van der Waals surface area contributed by atoms with E-state index in [0.717, 1.165) is 5.56 Å². The van der Waals surface area contributed by atoms with Crippen LogP contribution in [0.25, 0.3) is 0 Å². The number of benzene rings is 1. The lowest BCUT2D eigenvalue weighted by molar-refractivity contribution is 0.0993. The average molecular weight is 279 g/mol. The van der Waals surface area contributed by atoms with Gasteiger partial charge in [-0.15, -0.1) is 0 Å². The molecular weight excluding hydrogens is 252 g/mol. The van der Waals surface area contributed by atoms with E-state index < -0.39 is 0 Å². The molecule has 2 heteroatoms. The van der Waals surface area contributed by atoms with E-state index in [2.05, 4.69) is 20.8 Å². The van der Waals surface area contributed by atoms with E-state index in [4.69, 9.17) is 0 Å². The fourth-order valence-electron chi connectivity index (χ4n) is 2.10. The van der Waals surface area contributed by atoms with Crippen molar-refractivity contribution < 1.29 is 4.79 Å². The van der Waals surface area contributed by atoms with Crippen molar-refractivity contribution in [3.05, 3.63) is 35.9 Å². The van der Waals surface area contributed by atoms with Crippen LogP contribution < -0.4 is 0 Å². The molecule has 1 atom stereocenters. The molecule has 0 saturated carbocycles. The first kappa shape index (κ1) is 16.3. The topological polar surface area (TPSA) is 17.1 Å². The molecule has 1 rings (SSSR count). The number of hydrogen-bond donors (Lipinski definition) is 0. The first-order chi connectivity index (χ1) is 9.20. The SMILES string of the molecule is CCCC[S+](CCCC)C(C)C(=O)c1ccccc1. The van der Waals surface area contributed by atoms with Gasteiger partial charge in [0.15, 0.2) is 5.25 Å². The van der Waals surface area contributed by atoms with Crippen molar-refractivity contribution in [2.24, 2.45) is 0 Å². The Morgan fingerprint density at radius 3 is 2.05 bits per heavy atom. The Hall–Kier alpha value is -0.760. The van der Waals surface area contributed by atoms with Crippen molar-refractivity contribution in [2.45, 2.75) is 51.7 Å². The van der Waals surface area contributed by atoms with E-state index in [1.165, 1.54) is 37.2 Å². The first-order valence-corrected chi connectivity index (χ1v) is 9.08. The molecular formula is C17H27OS+. The number of hydrogen-bond acceptors (Lipinski definition) is 1. The number of carbonyl (C=O) groups is 1. The van der Waals surface area contributed by atoms with Crippen molar-refractivity contribution in [3.63, 3.8) is 0 Å². The number of unbranched alkanes of at least 4 members (excludes halogenated alkanes) is 2. The van der Waals surface area contributed by atoms with Crippen LogP contribution in [0, 0.1) is 0 Å². The summed E-state index contributed by atoms with van der Waals surface area (Å²) in [6.07, 6.45) is 4.95. The predicted octanol–water partition coefficient (Wildman–Crippen LogP) is 4.48. The van der Waals surface area contributed by atoms with Crippen molar-refractivity contribution >= 4 is 16.7 Å². The van der Waals surface area contributed by atoms with Gasteiger partial charge >= 0.3 is 0 Å². The van der Waals surface area contributed by atoms with Crippen LogP contribution in [0.2, 0.25) is 0 Å². The molecule has 0 aliphatic carbocycles. The molecule has 19 heavy (non-hydrogen) atoms. The summed E-state index contributed by atoms with van der Waals surface area (Å²) >= 11 is 0. The van der Waals surface area contributed by atoms with Crippen LogP contribution in [-0.2, 0) is 10.9 Å². The lowest BCUT2D eigenvalue weighted by atomic mass is 10.1. The van der Waals surface area contributed by atoms with Crippen LogP contribution in [0.1, 0.15) is 56.8 Å². The van der Waals surface area contributed by atoms with Gasteiger partial charge in [-0.05, 0) is 30.7 Å². The summed E-state index contributed by atoms with van der Waals surface area (Å²) in [7, 11) is 0.251. The maximum absolute atomic E-state index is 12.5. The molecule has 1 aromatic carbocycles. The molecule has 1 unspecified atom stereocenters. The summed E-state index contributed by atoms with van der Waals surface area (Å²) in [6, 6.07) is 9.77. The van der Waals surface area contributed by atoms with Crippen LogP contribution in [0.4, 0.5) is 0 Å². The highest BCUT2D eigenvalue weighted by Gasteiger charge is 2.31. The van der Waals surface area contributed by atoms with Gasteiger partial charge in [-0.2, -0.15) is 0 Å². The Balaban J connectivity index is 2.68. The third-order valence-corrected chi connectivity index (χ3v) is 6.29. The summed E-state index contributed by atoms with van der Waals surface area (Å²) in [5, 5.41) is 0.181. The van der Waals surface area contributed by atoms with Gasteiger partial charge in [0.05, 0.1) is 0 Å². The van der Waals surface area contributed by atoms with Gasteiger partial charge in [0, 0.05) is 5.56 Å². The summed E-state index contributed by atoms with van der Waals surface area (Å²) < 4.78 is 0. The van der Waals surface area contributed by atoms with Gasteiger partial charge in [0.1, 0.15) is 11.5 Å². The summed E-state index contributed by atoms with van der Waals surface area (Å²) in [4.78, 5) is 12.5. The fourth-order valence-corrected chi connectivity index (χ4v) is 4.77. The molecule has 0 aliphatic heterocycles. The van der Waals surface area contributed by atoms with Crippen molar-refractivity contribution in [1.29, 1.82) is 0 Å². The molecule has 0 spiro atoms. The third-order valence-electron chi connectivity index (χ3n) is 3.45. The zero-order valence-corrected chi connectivity index (χ0v) is 13.3. The minimum absolute atomic E-state index is 0.181. The molecule has 0 heterocycles. The van der Waals surface area contributed by atoms with Gasteiger partial charge in [-0.3, -0.25) is 4.79 Å². The van der Waals surface area contributed by atoms with Gasteiger partial charge in [0.2, 0.25) is 5.78 Å². The minimum atomic E-state index is 0.181. The molecule has 1 aromatic rings. The Kier molecular flexibility index (Phi) is 7.88. The molecule has 0 saturated heterocycles. The van der Waals surface area contributed by atoms with E-state index in [1.807, 2.05) is 30.3 Å². The minimum Gasteiger partial charge on any atom is -0.289 e. The van der Waals surface area contributed by atoms with Crippen LogP contribution in [0.15, 0.2) is 30.3 Å². The van der Waals surface area contributed by atoms with E-state index in [1.54, 1.807) is 0 Å². The number of Topliss-reactive ketones (excluding diaryl/α,β-unsaturated/α-hetero) is 1. The first-order valence-electron chi connectivity index (χ1n) is 7.46. The Morgan fingerprint density at radius 2 is 1.58 bits per heavy atom. The Labute approximate surface area is 121 Å². The second-order valence-electron chi connectivity index (χ2n) is 5.03. The maximum Gasteiger partial charge on any atom is 0.214 e. The highest BCUT2D eigenvalue weighted by Crippen LogP contribution is 2.16. The third kappa shape index (κ3) is 5.40. The number of ketones is 1. The largest absolute Gasteiger partial charge is 0.289 e. The Morgan fingerprint density at radius 1 is 1.05 bits per heavy atom. The average Bonchev–Trinajstić information content (AvgIpc) is 2.47. The summed E-state index contributed by atoms with van der Waals surface area (Å²) in [6.45, 7) is 6.58. The Bertz CT molecular complexity index is 353. The monoisotopic (exact) mass is 279 g/mol. The van der Waals surface area contributed by atoms with Crippen LogP contribution in [-0.4, -0.2) is 22.5 Å². The van der Waals surface area contributed by atoms with Crippen molar-refractivity contribution in [1.82, 2.24) is 0 Å². The van der Waals surface area contributed by atoms with Crippen LogP contribution in [0.3, 0.4) is 0 Å². The van der Waals surface area contributed by atoms with E-state index in [-0.39, 0.29) is 16.1 Å². The van der Waals surface area contributed by atoms with Crippen LogP contribution in [0.5, 0.6) is 0 Å².